The Kier molecular flexibility index (Phi) is 15.4. The standard InChI is InChI=1S/C39H64O2/c1-9-15-21-29-27-35(31(23-17-11-3)33(37(29)40)25-19-13-5)39(7,8)36-28-30(22-16-10-2)38(41)34(26-20-14-6)32(36)24-18-12-4/h27-28,40-41H,9-26H2,1-8H3. The molecule has 0 saturated carbocycles. The van der Waals surface area contributed by atoms with Crippen LogP contribution in [0.1, 0.15) is 177 Å². The molecule has 2 nitrogen and oxygen atoms in total. The summed E-state index contributed by atoms with van der Waals surface area (Å²) in [5, 5.41) is 23.3. The molecule has 0 saturated heterocycles. The van der Waals surface area contributed by atoms with Gasteiger partial charge in [0.1, 0.15) is 11.5 Å². The van der Waals surface area contributed by atoms with Crippen molar-refractivity contribution in [1.82, 2.24) is 0 Å². The second-order valence-electron chi connectivity index (χ2n) is 13.0. The van der Waals surface area contributed by atoms with Gasteiger partial charge in [-0.2, -0.15) is 0 Å². The molecule has 0 radical (unpaired) electrons. The number of rotatable bonds is 20. The maximum Gasteiger partial charge on any atom is 0.122 e. The Morgan fingerprint density at radius 3 is 1.00 bits per heavy atom. The fourth-order valence-corrected chi connectivity index (χ4v) is 6.56. The van der Waals surface area contributed by atoms with Crippen LogP contribution in [0, 0.1) is 0 Å². The van der Waals surface area contributed by atoms with Crippen molar-refractivity contribution in [1.29, 1.82) is 0 Å². The molecule has 0 heterocycles. The Hall–Kier alpha value is -1.96. The number of phenolic OH excluding ortho intramolecular Hbond substituents is 2. The lowest BCUT2D eigenvalue weighted by atomic mass is 9.69. The minimum atomic E-state index is -0.225. The van der Waals surface area contributed by atoms with Crippen LogP contribution in [-0.2, 0) is 43.9 Å². The average Bonchev–Trinajstić information content (AvgIpc) is 2.96. The van der Waals surface area contributed by atoms with Gasteiger partial charge < -0.3 is 10.2 Å². The van der Waals surface area contributed by atoms with E-state index >= 15 is 0 Å². The predicted octanol–water partition coefficient (Wildman–Crippen LogP) is 11.5. The Morgan fingerprint density at radius 1 is 0.439 bits per heavy atom. The normalized spacial score (nSPS) is 11.9. The minimum Gasteiger partial charge on any atom is -0.507 e. The topological polar surface area (TPSA) is 40.5 Å². The first-order chi connectivity index (χ1) is 19.7. The fourth-order valence-electron chi connectivity index (χ4n) is 6.56. The number of hydrogen-bond acceptors (Lipinski definition) is 2. The van der Waals surface area contributed by atoms with Gasteiger partial charge in [0.2, 0.25) is 0 Å². The summed E-state index contributed by atoms with van der Waals surface area (Å²) in [5.74, 6) is 1.14. The van der Waals surface area contributed by atoms with Gasteiger partial charge in [-0.05, 0) is 122 Å². The first-order valence-electron chi connectivity index (χ1n) is 17.5. The molecule has 0 aliphatic heterocycles. The summed E-state index contributed by atoms with van der Waals surface area (Å²) < 4.78 is 0. The van der Waals surface area contributed by atoms with E-state index in [1.807, 2.05) is 0 Å². The van der Waals surface area contributed by atoms with E-state index in [-0.39, 0.29) is 5.41 Å². The lowest BCUT2D eigenvalue weighted by molar-refractivity contribution is 0.453. The Morgan fingerprint density at radius 2 is 0.707 bits per heavy atom. The van der Waals surface area contributed by atoms with E-state index in [0.717, 1.165) is 127 Å². The molecule has 0 atom stereocenters. The van der Waals surface area contributed by atoms with Gasteiger partial charge in [0.25, 0.3) is 0 Å². The van der Waals surface area contributed by atoms with Crippen LogP contribution in [0.25, 0.3) is 0 Å². The van der Waals surface area contributed by atoms with Crippen molar-refractivity contribution in [3.63, 3.8) is 0 Å². The van der Waals surface area contributed by atoms with E-state index in [1.165, 1.54) is 33.4 Å². The molecule has 2 aromatic carbocycles. The highest BCUT2D eigenvalue weighted by Gasteiger charge is 2.33. The van der Waals surface area contributed by atoms with Gasteiger partial charge in [0.05, 0.1) is 0 Å². The SMILES string of the molecule is CCCCc1cc(C(C)(C)c2cc(CCCC)c(O)c(CCCC)c2CCCC)c(CCCC)c(CCCC)c1O. The van der Waals surface area contributed by atoms with Crippen LogP contribution in [0.3, 0.4) is 0 Å². The van der Waals surface area contributed by atoms with Crippen molar-refractivity contribution in [3.05, 3.63) is 56.6 Å². The van der Waals surface area contributed by atoms with E-state index in [2.05, 4.69) is 67.5 Å². The van der Waals surface area contributed by atoms with Crippen molar-refractivity contribution in [2.24, 2.45) is 0 Å². The van der Waals surface area contributed by atoms with Crippen LogP contribution in [0.5, 0.6) is 11.5 Å². The van der Waals surface area contributed by atoms with Crippen molar-refractivity contribution in [3.8, 4) is 11.5 Å². The monoisotopic (exact) mass is 564 g/mol. The maximum atomic E-state index is 11.6. The van der Waals surface area contributed by atoms with E-state index in [9.17, 15) is 10.2 Å². The first kappa shape index (κ1) is 35.2. The maximum absolute atomic E-state index is 11.6. The molecule has 232 valence electrons. The third kappa shape index (κ3) is 9.01. The van der Waals surface area contributed by atoms with E-state index in [1.54, 1.807) is 0 Å². The van der Waals surface area contributed by atoms with Gasteiger partial charge in [-0.15, -0.1) is 0 Å². The molecule has 41 heavy (non-hydrogen) atoms. The quantitative estimate of drug-likeness (QED) is 0.168. The molecule has 2 N–H and O–H groups in total. The third-order valence-corrected chi connectivity index (χ3v) is 9.26. The molecule has 0 spiro atoms. The predicted molar refractivity (Wildman–Crippen MR) is 180 cm³/mol. The molecule has 0 bridgehead atoms. The van der Waals surface area contributed by atoms with Crippen molar-refractivity contribution >= 4 is 0 Å². The third-order valence-electron chi connectivity index (χ3n) is 9.26. The largest absolute Gasteiger partial charge is 0.507 e. The number of benzene rings is 2. The molecule has 2 heteroatoms. The van der Waals surface area contributed by atoms with Gasteiger partial charge in [0.15, 0.2) is 0 Å². The summed E-state index contributed by atoms with van der Waals surface area (Å²) in [6, 6.07) is 4.78. The van der Waals surface area contributed by atoms with E-state index in [0.29, 0.717) is 11.5 Å². The fraction of sp³-hybridized carbons (Fsp3) is 0.692. The van der Waals surface area contributed by atoms with E-state index in [4.69, 9.17) is 0 Å². The van der Waals surface area contributed by atoms with Crippen molar-refractivity contribution in [2.75, 3.05) is 0 Å². The Labute approximate surface area is 254 Å². The van der Waals surface area contributed by atoms with Crippen LogP contribution in [0.15, 0.2) is 12.1 Å². The summed E-state index contributed by atoms with van der Waals surface area (Å²) in [6.45, 7) is 18.4. The lowest BCUT2D eigenvalue weighted by Gasteiger charge is -2.35. The molecular formula is C39H64O2. The summed E-state index contributed by atoms with van der Waals surface area (Å²) in [5.41, 5.74) is 10.1. The molecule has 0 aliphatic carbocycles. The second-order valence-corrected chi connectivity index (χ2v) is 13.0. The smallest absolute Gasteiger partial charge is 0.122 e. The van der Waals surface area contributed by atoms with Crippen molar-refractivity contribution < 1.29 is 10.2 Å². The molecule has 2 rings (SSSR count). The molecule has 2 aromatic rings. The number of unbranched alkanes of at least 4 members (excludes halogenated alkanes) is 6. The van der Waals surface area contributed by atoms with Gasteiger partial charge >= 0.3 is 0 Å². The molecule has 0 aromatic heterocycles. The van der Waals surface area contributed by atoms with Gasteiger partial charge in [-0.25, -0.2) is 0 Å². The van der Waals surface area contributed by atoms with E-state index < -0.39 is 0 Å². The molecule has 0 amide bonds. The molecule has 0 aliphatic rings. The molecule has 0 unspecified atom stereocenters. The molecular weight excluding hydrogens is 500 g/mol. The summed E-state index contributed by atoms with van der Waals surface area (Å²) in [6.07, 6.45) is 19.3. The van der Waals surface area contributed by atoms with Crippen LogP contribution in [0.2, 0.25) is 0 Å². The minimum absolute atomic E-state index is 0.225. The highest BCUT2D eigenvalue weighted by molar-refractivity contribution is 5.59. The Balaban J connectivity index is 2.97. The number of aryl methyl sites for hydroxylation is 2. The zero-order chi connectivity index (χ0) is 30.4. The van der Waals surface area contributed by atoms with Crippen LogP contribution in [0.4, 0.5) is 0 Å². The second kappa shape index (κ2) is 17.9. The van der Waals surface area contributed by atoms with Crippen LogP contribution in [-0.4, -0.2) is 10.2 Å². The summed E-state index contributed by atoms with van der Waals surface area (Å²) in [4.78, 5) is 0. The Bertz CT molecular complexity index is 979. The lowest BCUT2D eigenvalue weighted by Crippen LogP contribution is -2.26. The van der Waals surface area contributed by atoms with Gasteiger partial charge in [0, 0.05) is 5.41 Å². The first-order valence-corrected chi connectivity index (χ1v) is 17.5. The average molecular weight is 565 g/mol. The highest BCUT2D eigenvalue weighted by atomic mass is 16.3. The van der Waals surface area contributed by atoms with Gasteiger partial charge in [-0.1, -0.05) is 106 Å². The van der Waals surface area contributed by atoms with Crippen LogP contribution < -0.4 is 0 Å². The zero-order valence-electron chi connectivity index (χ0n) is 28.3. The summed E-state index contributed by atoms with van der Waals surface area (Å²) in [7, 11) is 0. The zero-order valence-corrected chi connectivity index (χ0v) is 28.3. The molecule has 0 fully saturated rings. The van der Waals surface area contributed by atoms with Gasteiger partial charge in [-0.3, -0.25) is 0 Å². The summed E-state index contributed by atoms with van der Waals surface area (Å²) >= 11 is 0. The number of hydrogen-bond donors (Lipinski definition) is 2. The van der Waals surface area contributed by atoms with Crippen LogP contribution >= 0.6 is 0 Å². The number of aromatic hydroxyl groups is 2. The van der Waals surface area contributed by atoms with Crippen molar-refractivity contribution in [2.45, 2.75) is 176 Å². The highest BCUT2D eigenvalue weighted by Crippen LogP contribution is 2.45. The number of phenols is 2.